The molecule has 0 fully saturated rings. The number of rotatable bonds is 3. The zero-order valence-corrected chi connectivity index (χ0v) is 10.4. The number of anilines is 1. The Morgan fingerprint density at radius 3 is 2.53 bits per heavy atom. The average Bonchev–Trinajstić information content (AvgIpc) is 2.39. The highest BCUT2D eigenvalue weighted by molar-refractivity contribution is 6.04. The first-order valence-corrected chi connectivity index (χ1v) is 5.91. The van der Waals surface area contributed by atoms with Crippen molar-refractivity contribution >= 4 is 11.6 Å². The Labute approximate surface area is 110 Å². The lowest BCUT2D eigenvalue weighted by molar-refractivity contribution is 0.102. The van der Waals surface area contributed by atoms with E-state index in [2.05, 4.69) is 5.32 Å². The molecule has 4 heteroatoms. The van der Waals surface area contributed by atoms with E-state index in [9.17, 15) is 14.3 Å². The number of aliphatic hydroxyl groups is 1. The SMILES string of the molecule is C[C@@H](O)c1cccc(NC(=O)c2ccc(F)cc2)c1. The third-order valence-corrected chi connectivity index (χ3v) is 2.73. The molecule has 0 radical (unpaired) electrons. The minimum atomic E-state index is -0.595. The Bertz CT molecular complexity index is 579. The molecule has 0 unspecified atom stereocenters. The van der Waals surface area contributed by atoms with Crippen LogP contribution in [0.5, 0.6) is 0 Å². The zero-order valence-electron chi connectivity index (χ0n) is 10.4. The molecule has 0 aliphatic carbocycles. The molecule has 0 aliphatic heterocycles. The zero-order chi connectivity index (χ0) is 13.8. The first-order chi connectivity index (χ1) is 9.06. The van der Waals surface area contributed by atoms with E-state index < -0.39 is 6.10 Å². The molecule has 0 heterocycles. The van der Waals surface area contributed by atoms with Gasteiger partial charge in [0.2, 0.25) is 0 Å². The van der Waals surface area contributed by atoms with Crippen molar-refractivity contribution in [2.75, 3.05) is 5.32 Å². The molecule has 0 spiro atoms. The van der Waals surface area contributed by atoms with E-state index in [0.717, 1.165) is 5.56 Å². The number of benzene rings is 2. The van der Waals surface area contributed by atoms with Crippen LogP contribution < -0.4 is 5.32 Å². The van der Waals surface area contributed by atoms with Crippen molar-refractivity contribution in [1.82, 2.24) is 0 Å². The minimum absolute atomic E-state index is 0.317. The lowest BCUT2D eigenvalue weighted by Gasteiger charge is -2.09. The molecular weight excluding hydrogens is 245 g/mol. The van der Waals surface area contributed by atoms with Gasteiger partial charge in [0.25, 0.3) is 5.91 Å². The van der Waals surface area contributed by atoms with Crippen LogP contribution in [0.3, 0.4) is 0 Å². The van der Waals surface area contributed by atoms with Crippen LogP contribution in [0.4, 0.5) is 10.1 Å². The van der Waals surface area contributed by atoms with Crippen LogP contribution in [-0.2, 0) is 0 Å². The summed E-state index contributed by atoms with van der Waals surface area (Å²) in [4.78, 5) is 11.9. The first-order valence-electron chi connectivity index (χ1n) is 5.91. The molecule has 2 rings (SSSR count). The molecule has 2 N–H and O–H groups in total. The number of hydrogen-bond acceptors (Lipinski definition) is 2. The van der Waals surface area contributed by atoms with E-state index in [1.165, 1.54) is 24.3 Å². The number of aliphatic hydroxyl groups excluding tert-OH is 1. The quantitative estimate of drug-likeness (QED) is 0.889. The predicted octanol–water partition coefficient (Wildman–Crippen LogP) is 3.13. The van der Waals surface area contributed by atoms with Crippen LogP contribution in [0.1, 0.15) is 28.9 Å². The highest BCUT2D eigenvalue weighted by Gasteiger charge is 2.07. The molecule has 2 aromatic rings. The molecule has 3 nitrogen and oxygen atoms in total. The molecular formula is C15H14FNO2. The minimum Gasteiger partial charge on any atom is -0.389 e. The standard InChI is InChI=1S/C15H14FNO2/c1-10(18)12-3-2-4-14(9-12)17-15(19)11-5-7-13(16)8-6-11/h2-10,18H,1H3,(H,17,19)/t10-/m1/s1. The van der Waals surface area contributed by atoms with Gasteiger partial charge in [-0.3, -0.25) is 4.79 Å². The number of halogens is 1. The highest BCUT2D eigenvalue weighted by Crippen LogP contribution is 2.17. The molecule has 98 valence electrons. The maximum Gasteiger partial charge on any atom is 0.255 e. The van der Waals surface area contributed by atoms with Gasteiger partial charge in [-0.2, -0.15) is 0 Å². The molecule has 0 aromatic heterocycles. The van der Waals surface area contributed by atoms with Crippen LogP contribution in [0.2, 0.25) is 0 Å². The maximum atomic E-state index is 12.8. The first kappa shape index (κ1) is 13.2. The molecule has 0 saturated carbocycles. The summed E-state index contributed by atoms with van der Waals surface area (Å²) in [6, 6.07) is 12.3. The van der Waals surface area contributed by atoms with Gasteiger partial charge in [-0.15, -0.1) is 0 Å². The number of carbonyl (C=O) groups excluding carboxylic acids is 1. The third-order valence-electron chi connectivity index (χ3n) is 2.73. The highest BCUT2D eigenvalue weighted by atomic mass is 19.1. The van der Waals surface area contributed by atoms with E-state index in [-0.39, 0.29) is 11.7 Å². The number of carbonyl (C=O) groups is 1. The fourth-order valence-electron chi connectivity index (χ4n) is 1.68. The van der Waals surface area contributed by atoms with Gasteiger partial charge in [0, 0.05) is 11.3 Å². The van der Waals surface area contributed by atoms with Crippen molar-refractivity contribution < 1.29 is 14.3 Å². The van der Waals surface area contributed by atoms with Crippen molar-refractivity contribution in [3.63, 3.8) is 0 Å². The Morgan fingerprint density at radius 1 is 1.21 bits per heavy atom. The van der Waals surface area contributed by atoms with Gasteiger partial charge in [-0.1, -0.05) is 12.1 Å². The van der Waals surface area contributed by atoms with Gasteiger partial charge < -0.3 is 10.4 Å². The molecule has 0 aliphatic rings. The van der Waals surface area contributed by atoms with Crippen molar-refractivity contribution in [3.05, 3.63) is 65.5 Å². The summed E-state index contributed by atoms with van der Waals surface area (Å²) >= 11 is 0. The van der Waals surface area contributed by atoms with Crippen molar-refractivity contribution in [2.24, 2.45) is 0 Å². The van der Waals surface area contributed by atoms with Gasteiger partial charge in [0.1, 0.15) is 5.82 Å². The van der Waals surface area contributed by atoms with Crippen molar-refractivity contribution in [3.8, 4) is 0 Å². The fraction of sp³-hybridized carbons (Fsp3) is 0.133. The topological polar surface area (TPSA) is 49.3 Å². The van der Waals surface area contributed by atoms with Crippen molar-refractivity contribution in [1.29, 1.82) is 0 Å². The molecule has 2 aromatic carbocycles. The molecule has 0 saturated heterocycles. The van der Waals surface area contributed by atoms with E-state index in [1.807, 2.05) is 0 Å². The van der Waals surface area contributed by atoms with E-state index >= 15 is 0 Å². The summed E-state index contributed by atoms with van der Waals surface area (Å²) in [5.74, 6) is -0.699. The number of hydrogen-bond donors (Lipinski definition) is 2. The molecule has 19 heavy (non-hydrogen) atoms. The van der Waals surface area contributed by atoms with Crippen molar-refractivity contribution in [2.45, 2.75) is 13.0 Å². The van der Waals surface area contributed by atoms with E-state index in [0.29, 0.717) is 11.3 Å². The average molecular weight is 259 g/mol. The molecule has 0 bridgehead atoms. The number of amides is 1. The van der Waals surface area contributed by atoms with Crippen LogP contribution in [0.25, 0.3) is 0 Å². The van der Waals surface area contributed by atoms with Crippen LogP contribution in [0, 0.1) is 5.82 Å². The third kappa shape index (κ3) is 3.39. The van der Waals surface area contributed by atoms with Gasteiger partial charge in [-0.05, 0) is 48.9 Å². The summed E-state index contributed by atoms with van der Waals surface area (Å²) in [5, 5.41) is 12.2. The van der Waals surface area contributed by atoms with E-state index in [4.69, 9.17) is 0 Å². The second-order valence-corrected chi connectivity index (χ2v) is 4.26. The summed E-state index contributed by atoms with van der Waals surface area (Å²) in [6.45, 7) is 1.65. The van der Waals surface area contributed by atoms with Gasteiger partial charge in [-0.25, -0.2) is 4.39 Å². The molecule has 1 atom stereocenters. The van der Waals surface area contributed by atoms with Crippen LogP contribution in [-0.4, -0.2) is 11.0 Å². The number of nitrogens with one attached hydrogen (secondary N) is 1. The van der Waals surface area contributed by atoms with Crippen LogP contribution >= 0.6 is 0 Å². The summed E-state index contributed by atoms with van der Waals surface area (Å²) in [6.07, 6.45) is -0.595. The molecule has 1 amide bonds. The van der Waals surface area contributed by atoms with Gasteiger partial charge >= 0.3 is 0 Å². The Kier molecular flexibility index (Phi) is 3.92. The van der Waals surface area contributed by atoms with E-state index in [1.54, 1.807) is 31.2 Å². The monoisotopic (exact) mass is 259 g/mol. The van der Waals surface area contributed by atoms with Crippen LogP contribution in [0.15, 0.2) is 48.5 Å². The second kappa shape index (κ2) is 5.63. The lowest BCUT2D eigenvalue weighted by atomic mass is 10.1. The Hall–Kier alpha value is -2.20. The lowest BCUT2D eigenvalue weighted by Crippen LogP contribution is -2.12. The normalized spacial score (nSPS) is 11.9. The van der Waals surface area contributed by atoms with Gasteiger partial charge in [0.15, 0.2) is 0 Å². The van der Waals surface area contributed by atoms with Gasteiger partial charge in [0.05, 0.1) is 6.10 Å². The second-order valence-electron chi connectivity index (χ2n) is 4.26. The smallest absolute Gasteiger partial charge is 0.255 e. The fourth-order valence-corrected chi connectivity index (χ4v) is 1.68. The summed E-state index contributed by atoms with van der Waals surface area (Å²) < 4.78 is 12.8. The largest absolute Gasteiger partial charge is 0.389 e. The summed E-state index contributed by atoms with van der Waals surface area (Å²) in [5.41, 5.74) is 1.69. The predicted molar refractivity (Wildman–Crippen MR) is 71.4 cm³/mol. The Balaban J connectivity index is 2.14. The maximum absolute atomic E-state index is 12.8. The Morgan fingerprint density at radius 2 is 1.89 bits per heavy atom. The summed E-state index contributed by atoms with van der Waals surface area (Å²) in [7, 11) is 0.